The van der Waals surface area contributed by atoms with Crippen molar-refractivity contribution in [1.29, 1.82) is 0 Å². The molecule has 1 amide bonds. The van der Waals surface area contributed by atoms with Gasteiger partial charge in [-0.3, -0.25) is 9.69 Å². The van der Waals surface area contributed by atoms with E-state index in [0.717, 1.165) is 43.1 Å². The first kappa shape index (κ1) is 42.9. The molecule has 0 aromatic heterocycles. The topological polar surface area (TPSA) is 166 Å². The van der Waals surface area contributed by atoms with Crippen LogP contribution in [0, 0.1) is 17.8 Å². The number of benzene rings is 2. The zero-order chi connectivity index (χ0) is 39.9. The number of aldehydes is 1. The summed E-state index contributed by atoms with van der Waals surface area (Å²) in [6.45, 7) is 8.52. The fourth-order valence-electron chi connectivity index (χ4n) is 8.55. The molecular formula is C43H58N2O11. The Morgan fingerprint density at radius 1 is 1.00 bits per heavy atom. The number of hydrogen-bond donors (Lipinski definition) is 3. The van der Waals surface area contributed by atoms with Gasteiger partial charge in [0.15, 0.2) is 0 Å². The molecule has 13 nitrogen and oxygen atoms in total. The van der Waals surface area contributed by atoms with Crippen LogP contribution in [0.15, 0.2) is 71.9 Å². The Labute approximate surface area is 329 Å². The predicted octanol–water partition coefficient (Wildman–Crippen LogP) is 6.41. The Kier molecular flexibility index (Phi) is 16.3. The first-order chi connectivity index (χ1) is 27.4. The van der Waals surface area contributed by atoms with Crippen LogP contribution < -0.4 is 9.47 Å². The van der Waals surface area contributed by atoms with Gasteiger partial charge in [0.05, 0.1) is 44.7 Å². The molecule has 6 unspecified atom stereocenters. The number of aliphatic hydroxyl groups excluding tert-OH is 3. The summed E-state index contributed by atoms with van der Waals surface area (Å²) < 4.78 is 31.8. The van der Waals surface area contributed by atoms with E-state index in [2.05, 4.69) is 12.7 Å². The molecule has 3 aliphatic rings. The molecule has 0 spiro atoms. The fraction of sp³-hybridized carbons (Fsp3) is 0.558. The third-order valence-electron chi connectivity index (χ3n) is 10.8. The van der Waals surface area contributed by atoms with Gasteiger partial charge in [-0.1, -0.05) is 42.3 Å². The number of fused-ring (bicyclic) bond motifs is 2. The monoisotopic (exact) mass is 778 g/mol. The maximum atomic E-state index is 14.0. The lowest BCUT2D eigenvalue weighted by atomic mass is 9.55. The second kappa shape index (κ2) is 21.3. The zero-order valence-electron chi connectivity index (χ0n) is 32.7. The molecule has 0 bridgehead atoms. The quantitative estimate of drug-likeness (QED) is 0.0494. The van der Waals surface area contributed by atoms with Crippen molar-refractivity contribution in [2.45, 2.75) is 76.5 Å². The first-order valence-corrected chi connectivity index (χ1v) is 19.9. The van der Waals surface area contributed by atoms with E-state index in [9.17, 15) is 24.9 Å². The van der Waals surface area contributed by atoms with E-state index in [1.54, 1.807) is 42.2 Å². The SMILES string of the molecule is C=CCOC12Oc3ccc(Oc4cccc(C=O)c4)cc3C3C(CCCCO)C(CCCCO)C=C(C(=NOCC)CC1N(CCOCCO)C(=O)OCC)C32. The fourth-order valence-corrected chi connectivity index (χ4v) is 8.55. The number of carbonyl (C=O) groups excluding carboxylic acids is 2. The van der Waals surface area contributed by atoms with Crippen LogP contribution in [-0.4, -0.2) is 110 Å². The highest BCUT2D eigenvalue weighted by atomic mass is 16.7. The molecule has 0 radical (unpaired) electrons. The van der Waals surface area contributed by atoms with Gasteiger partial charge in [0.1, 0.15) is 36.2 Å². The standard InChI is InChI=1S/C43H58N2O11/c1-4-22-53-43-39(45(42(50)52-5-2)18-23-51-24-21-48)28-37(44-54-6-3)35-26-31(13-7-9-19-46)34(15-8-10-20-47)40(41(35)43)36-27-33(16-17-38(36)56-43)55-32-14-11-12-30(25-32)29-49/h4,11-12,14,16-17,25-27,29,31,34,39-41,46-48H,1,5-10,13,15,18-24,28H2,2-3H3. The van der Waals surface area contributed by atoms with Crippen molar-refractivity contribution >= 4 is 18.1 Å². The lowest BCUT2D eigenvalue weighted by Crippen LogP contribution is -2.70. The number of oxime groups is 1. The van der Waals surface area contributed by atoms with Gasteiger partial charge in [-0.25, -0.2) is 4.79 Å². The van der Waals surface area contributed by atoms with Crippen molar-refractivity contribution in [3.8, 4) is 17.2 Å². The Morgan fingerprint density at radius 3 is 2.50 bits per heavy atom. The molecule has 0 saturated heterocycles. The van der Waals surface area contributed by atoms with Gasteiger partial charge in [-0.2, -0.15) is 0 Å². The van der Waals surface area contributed by atoms with E-state index in [1.165, 1.54) is 0 Å². The van der Waals surface area contributed by atoms with Crippen molar-refractivity contribution in [2.24, 2.45) is 22.9 Å². The maximum Gasteiger partial charge on any atom is 0.410 e. The molecule has 56 heavy (non-hydrogen) atoms. The third kappa shape index (κ3) is 9.81. The molecule has 2 aromatic carbocycles. The predicted molar refractivity (Wildman–Crippen MR) is 210 cm³/mol. The van der Waals surface area contributed by atoms with Crippen LogP contribution in [-0.2, 0) is 19.0 Å². The Morgan fingerprint density at radius 2 is 1.79 bits per heavy atom. The summed E-state index contributed by atoms with van der Waals surface area (Å²) >= 11 is 0. The number of allylic oxidation sites excluding steroid dienone is 1. The van der Waals surface area contributed by atoms with Gasteiger partial charge < -0.3 is 43.8 Å². The Bertz CT molecular complexity index is 1660. The van der Waals surface area contributed by atoms with Gasteiger partial charge >= 0.3 is 6.09 Å². The van der Waals surface area contributed by atoms with Gasteiger partial charge in [0.2, 0.25) is 5.79 Å². The van der Waals surface area contributed by atoms with Crippen LogP contribution in [0.25, 0.3) is 0 Å². The van der Waals surface area contributed by atoms with Gasteiger partial charge in [0.25, 0.3) is 0 Å². The van der Waals surface area contributed by atoms with E-state index >= 15 is 0 Å². The summed E-state index contributed by atoms with van der Waals surface area (Å²) in [5.74, 6) is -0.501. The molecule has 1 fully saturated rings. The second-order valence-electron chi connectivity index (χ2n) is 14.2. The molecule has 6 atom stereocenters. The summed E-state index contributed by atoms with van der Waals surface area (Å²) in [5.41, 5.74) is 2.97. The number of ether oxygens (including phenoxy) is 5. The Hall–Kier alpha value is -4.27. The van der Waals surface area contributed by atoms with Gasteiger partial charge in [0, 0.05) is 43.2 Å². The molecule has 3 N–H and O–H groups in total. The Balaban J connectivity index is 1.76. The number of rotatable bonds is 23. The molecule has 306 valence electrons. The highest BCUT2D eigenvalue weighted by Gasteiger charge is 2.65. The normalized spacial score (nSPS) is 24.3. The highest BCUT2D eigenvalue weighted by molar-refractivity contribution is 6.03. The van der Waals surface area contributed by atoms with E-state index in [1.807, 2.05) is 25.1 Å². The smallest absolute Gasteiger partial charge is 0.410 e. The third-order valence-corrected chi connectivity index (χ3v) is 10.8. The minimum atomic E-state index is -1.46. The van der Waals surface area contributed by atoms with Crippen molar-refractivity contribution in [3.63, 3.8) is 0 Å². The number of carbonyl (C=O) groups is 2. The number of hydrogen-bond acceptors (Lipinski definition) is 12. The number of amides is 1. The van der Waals surface area contributed by atoms with Crippen molar-refractivity contribution < 1.29 is 53.4 Å². The maximum absolute atomic E-state index is 14.0. The zero-order valence-corrected chi connectivity index (χ0v) is 32.7. The molecule has 13 heteroatoms. The molecule has 1 saturated carbocycles. The number of nitrogens with zero attached hydrogens (tertiary/aromatic N) is 2. The van der Waals surface area contributed by atoms with Crippen molar-refractivity contribution in [3.05, 3.63) is 77.9 Å². The van der Waals surface area contributed by atoms with Crippen molar-refractivity contribution in [2.75, 3.05) is 59.4 Å². The summed E-state index contributed by atoms with van der Waals surface area (Å²) in [5, 5.41) is 33.8. The summed E-state index contributed by atoms with van der Waals surface area (Å²) in [4.78, 5) is 33.0. The van der Waals surface area contributed by atoms with Gasteiger partial charge in [-0.05, 0) is 87.3 Å². The largest absolute Gasteiger partial charge is 0.459 e. The molecular weight excluding hydrogens is 720 g/mol. The average Bonchev–Trinajstić information content (AvgIpc) is 3.21. The van der Waals surface area contributed by atoms with Crippen LogP contribution in [0.1, 0.15) is 80.6 Å². The van der Waals surface area contributed by atoms with Crippen LogP contribution in [0.4, 0.5) is 4.79 Å². The lowest BCUT2D eigenvalue weighted by molar-refractivity contribution is -0.256. The molecule has 2 aromatic rings. The number of aliphatic hydroxyl groups is 3. The van der Waals surface area contributed by atoms with Crippen LogP contribution in [0.2, 0.25) is 0 Å². The average molecular weight is 779 g/mol. The lowest BCUT2D eigenvalue weighted by Gasteiger charge is -2.59. The minimum Gasteiger partial charge on any atom is -0.459 e. The summed E-state index contributed by atoms with van der Waals surface area (Å²) in [6.07, 6.45) is 8.83. The summed E-state index contributed by atoms with van der Waals surface area (Å²) in [7, 11) is 0. The summed E-state index contributed by atoms with van der Waals surface area (Å²) in [6, 6.07) is 11.9. The van der Waals surface area contributed by atoms with E-state index in [-0.39, 0.29) is 77.0 Å². The van der Waals surface area contributed by atoms with E-state index in [0.29, 0.717) is 48.0 Å². The van der Waals surface area contributed by atoms with Crippen molar-refractivity contribution in [1.82, 2.24) is 4.90 Å². The van der Waals surface area contributed by atoms with Crippen LogP contribution >= 0.6 is 0 Å². The number of unbranched alkanes of at least 4 members (excludes halogenated alkanes) is 2. The van der Waals surface area contributed by atoms with Crippen LogP contribution in [0.3, 0.4) is 0 Å². The minimum absolute atomic E-state index is 0.0213. The molecule has 1 heterocycles. The van der Waals surface area contributed by atoms with E-state index in [4.69, 9.17) is 33.7 Å². The molecule has 1 aliphatic heterocycles. The van der Waals surface area contributed by atoms with E-state index < -0.39 is 23.8 Å². The highest BCUT2D eigenvalue weighted by Crippen LogP contribution is 2.62. The molecule has 2 aliphatic carbocycles. The first-order valence-electron chi connectivity index (χ1n) is 19.9. The molecule has 5 rings (SSSR count). The van der Waals surface area contributed by atoms with Gasteiger partial charge in [-0.15, -0.1) is 6.58 Å². The van der Waals surface area contributed by atoms with Crippen LogP contribution in [0.5, 0.6) is 17.2 Å². The second-order valence-corrected chi connectivity index (χ2v) is 14.2.